The topological polar surface area (TPSA) is 41.5 Å². The lowest BCUT2D eigenvalue weighted by molar-refractivity contribution is 0.127. The van der Waals surface area contributed by atoms with E-state index in [4.69, 9.17) is 4.74 Å². The van der Waals surface area contributed by atoms with Gasteiger partial charge in [-0.1, -0.05) is 31.0 Å². The van der Waals surface area contributed by atoms with Crippen molar-refractivity contribution >= 4 is 0 Å². The molecule has 1 aromatic rings. The van der Waals surface area contributed by atoms with Gasteiger partial charge in [-0.05, 0) is 30.9 Å². The maximum Gasteiger partial charge on any atom is 0.122 e. The van der Waals surface area contributed by atoms with E-state index in [2.05, 4.69) is 23.5 Å². The molecule has 0 bridgehead atoms. The third-order valence-electron chi connectivity index (χ3n) is 4.97. The van der Waals surface area contributed by atoms with Crippen LogP contribution in [0.5, 0.6) is 5.75 Å². The van der Waals surface area contributed by atoms with Crippen LogP contribution < -0.4 is 10.1 Å². The quantitative estimate of drug-likeness (QED) is 0.868. The first kappa shape index (κ1) is 13.9. The Hall–Kier alpha value is -1.06. The van der Waals surface area contributed by atoms with Gasteiger partial charge in [-0.3, -0.25) is 0 Å². The molecule has 3 heteroatoms. The molecule has 110 valence electrons. The van der Waals surface area contributed by atoms with E-state index >= 15 is 0 Å². The molecule has 1 fully saturated rings. The van der Waals surface area contributed by atoms with Gasteiger partial charge >= 0.3 is 0 Å². The largest absolute Gasteiger partial charge is 0.493 e. The summed E-state index contributed by atoms with van der Waals surface area (Å²) >= 11 is 0. The maximum atomic E-state index is 9.65. The van der Waals surface area contributed by atoms with Crippen molar-refractivity contribution in [3.8, 4) is 5.75 Å². The lowest BCUT2D eigenvalue weighted by Crippen LogP contribution is -2.37. The highest BCUT2D eigenvalue weighted by atomic mass is 16.5. The molecule has 1 saturated carbocycles. The van der Waals surface area contributed by atoms with Crippen molar-refractivity contribution in [2.45, 2.75) is 38.0 Å². The fourth-order valence-electron chi connectivity index (χ4n) is 3.66. The first-order valence-electron chi connectivity index (χ1n) is 7.86. The van der Waals surface area contributed by atoms with E-state index in [1.54, 1.807) is 0 Å². The number of aliphatic hydroxyl groups excluding tert-OH is 1. The second-order valence-corrected chi connectivity index (χ2v) is 6.37. The van der Waals surface area contributed by atoms with E-state index in [0.717, 1.165) is 31.9 Å². The lowest BCUT2D eigenvalue weighted by Gasteiger charge is -2.30. The van der Waals surface area contributed by atoms with Crippen molar-refractivity contribution in [1.82, 2.24) is 5.32 Å². The number of rotatable bonds is 5. The first-order chi connectivity index (χ1) is 9.83. The number of para-hydroxylation sites is 1. The van der Waals surface area contributed by atoms with Crippen LogP contribution in [0.1, 0.15) is 43.6 Å². The fraction of sp³-hybridized carbons (Fsp3) is 0.647. The van der Waals surface area contributed by atoms with Gasteiger partial charge < -0.3 is 15.2 Å². The average Bonchev–Trinajstić information content (AvgIpc) is 2.97. The standard InChI is InChI=1S/C17H25NO2/c19-13-17(8-3-4-9-17)12-18-11-14-7-10-20-16-6-2-1-5-15(14)16/h1-2,5-6,14,18-19H,3-4,7-13H2. The van der Waals surface area contributed by atoms with Crippen LogP contribution in [0.3, 0.4) is 0 Å². The molecule has 0 amide bonds. The SMILES string of the molecule is OCC1(CNCC2CCOc3ccccc32)CCCC1. The summed E-state index contributed by atoms with van der Waals surface area (Å²) in [6.45, 7) is 3.07. The van der Waals surface area contributed by atoms with Crippen molar-refractivity contribution in [3.05, 3.63) is 29.8 Å². The monoisotopic (exact) mass is 275 g/mol. The van der Waals surface area contributed by atoms with Crippen LogP contribution in [-0.2, 0) is 0 Å². The number of nitrogens with one attached hydrogen (secondary N) is 1. The van der Waals surface area contributed by atoms with Crippen LogP contribution in [0, 0.1) is 5.41 Å². The molecule has 2 N–H and O–H groups in total. The molecule has 2 aliphatic rings. The van der Waals surface area contributed by atoms with Gasteiger partial charge in [-0.25, -0.2) is 0 Å². The van der Waals surface area contributed by atoms with Crippen molar-refractivity contribution < 1.29 is 9.84 Å². The summed E-state index contributed by atoms with van der Waals surface area (Å²) in [5.41, 5.74) is 1.47. The Bertz CT molecular complexity index is 440. The molecular formula is C17H25NO2. The minimum atomic E-state index is 0.144. The average molecular weight is 275 g/mol. The van der Waals surface area contributed by atoms with Crippen LogP contribution in [0.2, 0.25) is 0 Å². The van der Waals surface area contributed by atoms with Crippen LogP contribution in [-0.4, -0.2) is 31.4 Å². The molecule has 1 aliphatic heterocycles. The van der Waals surface area contributed by atoms with Crippen LogP contribution in [0.4, 0.5) is 0 Å². The smallest absolute Gasteiger partial charge is 0.122 e. The number of benzene rings is 1. The van der Waals surface area contributed by atoms with Crippen molar-refractivity contribution in [3.63, 3.8) is 0 Å². The molecule has 3 rings (SSSR count). The van der Waals surface area contributed by atoms with Gasteiger partial charge in [-0.2, -0.15) is 0 Å². The lowest BCUT2D eigenvalue weighted by atomic mass is 9.86. The Kier molecular flexibility index (Phi) is 4.27. The molecule has 1 heterocycles. The van der Waals surface area contributed by atoms with Gasteiger partial charge in [0.15, 0.2) is 0 Å². The van der Waals surface area contributed by atoms with Crippen molar-refractivity contribution in [2.75, 3.05) is 26.3 Å². The van der Waals surface area contributed by atoms with Crippen LogP contribution in [0.25, 0.3) is 0 Å². The molecule has 0 aromatic heterocycles. The molecule has 0 saturated heterocycles. The zero-order valence-corrected chi connectivity index (χ0v) is 12.1. The highest BCUT2D eigenvalue weighted by Gasteiger charge is 2.33. The van der Waals surface area contributed by atoms with E-state index in [-0.39, 0.29) is 5.41 Å². The van der Waals surface area contributed by atoms with E-state index in [0.29, 0.717) is 12.5 Å². The summed E-state index contributed by atoms with van der Waals surface area (Å²) < 4.78 is 5.71. The number of hydrogen-bond acceptors (Lipinski definition) is 3. The van der Waals surface area contributed by atoms with Gasteiger partial charge in [0.25, 0.3) is 0 Å². The molecule has 0 radical (unpaired) electrons. The van der Waals surface area contributed by atoms with E-state index in [9.17, 15) is 5.11 Å². The number of fused-ring (bicyclic) bond motifs is 1. The van der Waals surface area contributed by atoms with Crippen molar-refractivity contribution in [1.29, 1.82) is 0 Å². The molecule has 0 spiro atoms. The molecule has 1 aromatic carbocycles. The summed E-state index contributed by atoms with van der Waals surface area (Å²) in [4.78, 5) is 0. The van der Waals surface area contributed by atoms with Gasteiger partial charge in [-0.15, -0.1) is 0 Å². The summed E-state index contributed by atoms with van der Waals surface area (Å²) in [5, 5.41) is 13.3. The minimum absolute atomic E-state index is 0.144. The molecule has 20 heavy (non-hydrogen) atoms. The predicted molar refractivity (Wildman–Crippen MR) is 80.2 cm³/mol. The van der Waals surface area contributed by atoms with Gasteiger partial charge in [0.1, 0.15) is 5.75 Å². The Labute approximate surface area is 121 Å². The Balaban J connectivity index is 1.57. The Morgan fingerprint density at radius 2 is 2.05 bits per heavy atom. The second kappa shape index (κ2) is 6.15. The zero-order chi connectivity index (χ0) is 13.8. The zero-order valence-electron chi connectivity index (χ0n) is 12.1. The number of aliphatic hydroxyl groups is 1. The fourth-order valence-corrected chi connectivity index (χ4v) is 3.66. The van der Waals surface area contributed by atoms with Gasteiger partial charge in [0.2, 0.25) is 0 Å². The Morgan fingerprint density at radius 3 is 2.85 bits per heavy atom. The summed E-state index contributed by atoms with van der Waals surface area (Å²) in [6.07, 6.45) is 5.95. The minimum Gasteiger partial charge on any atom is -0.493 e. The molecule has 3 nitrogen and oxygen atoms in total. The van der Waals surface area contributed by atoms with Crippen molar-refractivity contribution in [2.24, 2.45) is 5.41 Å². The number of hydrogen-bond donors (Lipinski definition) is 2. The first-order valence-corrected chi connectivity index (χ1v) is 7.86. The molecule has 1 aliphatic carbocycles. The normalized spacial score (nSPS) is 24.1. The van der Waals surface area contributed by atoms with E-state index in [1.807, 2.05) is 6.07 Å². The highest BCUT2D eigenvalue weighted by Crippen LogP contribution is 2.37. The third kappa shape index (κ3) is 2.84. The second-order valence-electron chi connectivity index (χ2n) is 6.37. The van der Waals surface area contributed by atoms with E-state index < -0.39 is 0 Å². The van der Waals surface area contributed by atoms with E-state index in [1.165, 1.54) is 31.2 Å². The highest BCUT2D eigenvalue weighted by molar-refractivity contribution is 5.37. The molecular weight excluding hydrogens is 250 g/mol. The van der Waals surface area contributed by atoms with Crippen LogP contribution in [0.15, 0.2) is 24.3 Å². The maximum absolute atomic E-state index is 9.65. The predicted octanol–water partition coefficient (Wildman–Crippen LogP) is 2.70. The van der Waals surface area contributed by atoms with Gasteiger partial charge in [0, 0.05) is 31.0 Å². The number of ether oxygens (including phenoxy) is 1. The third-order valence-corrected chi connectivity index (χ3v) is 4.97. The van der Waals surface area contributed by atoms with Crippen LogP contribution >= 0.6 is 0 Å². The molecule has 1 unspecified atom stereocenters. The van der Waals surface area contributed by atoms with Gasteiger partial charge in [0.05, 0.1) is 6.61 Å². The Morgan fingerprint density at radius 1 is 1.25 bits per heavy atom. The summed E-state index contributed by atoms with van der Waals surface area (Å²) in [7, 11) is 0. The summed E-state index contributed by atoms with van der Waals surface area (Å²) in [5.74, 6) is 1.58. The summed E-state index contributed by atoms with van der Waals surface area (Å²) in [6, 6.07) is 8.37. The molecule has 1 atom stereocenters.